The van der Waals surface area contributed by atoms with Gasteiger partial charge in [-0.3, -0.25) is 9.59 Å². The zero-order valence-electron chi connectivity index (χ0n) is 42.3. The molecule has 0 fully saturated rings. The largest absolute Gasteiger partial charge is 0.466 e. The summed E-state index contributed by atoms with van der Waals surface area (Å²) in [6, 6.07) is -0.548. The van der Waals surface area contributed by atoms with Crippen LogP contribution in [0.3, 0.4) is 0 Å². The molecule has 3 N–H and O–H groups in total. The maximum atomic E-state index is 12.5. The summed E-state index contributed by atoms with van der Waals surface area (Å²) in [5, 5.41) is 23.3. The average molecular weight is 889 g/mol. The van der Waals surface area contributed by atoms with Gasteiger partial charge in [-0.05, 0) is 77.0 Å². The number of hydrogen-bond donors (Lipinski definition) is 3. The summed E-state index contributed by atoms with van der Waals surface area (Å²) < 4.78 is 5.45. The normalized spacial score (nSPS) is 12.8. The zero-order chi connectivity index (χ0) is 45.8. The summed E-state index contributed by atoms with van der Waals surface area (Å²) in [5.74, 6) is -0.0498. The molecule has 0 aliphatic carbocycles. The fraction of sp³-hybridized carbons (Fsp3) is 0.895. The Morgan fingerprint density at radius 3 is 1.16 bits per heavy atom. The molecule has 0 saturated heterocycles. The van der Waals surface area contributed by atoms with Gasteiger partial charge >= 0.3 is 5.97 Å². The van der Waals surface area contributed by atoms with Crippen LogP contribution in [0.15, 0.2) is 24.3 Å². The van der Waals surface area contributed by atoms with Gasteiger partial charge in [-0.25, -0.2) is 0 Å². The van der Waals surface area contributed by atoms with Crippen molar-refractivity contribution in [2.45, 2.75) is 315 Å². The van der Waals surface area contributed by atoms with E-state index in [-0.39, 0.29) is 18.5 Å². The highest BCUT2D eigenvalue weighted by Crippen LogP contribution is 2.17. The lowest BCUT2D eigenvalue weighted by Crippen LogP contribution is -2.45. The molecule has 6 heteroatoms. The van der Waals surface area contributed by atoms with Crippen molar-refractivity contribution in [3.63, 3.8) is 0 Å². The van der Waals surface area contributed by atoms with Crippen LogP contribution in [0.4, 0.5) is 0 Å². The number of carbonyl (C=O) groups excluding carboxylic acids is 2. The van der Waals surface area contributed by atoms with Crippen molar-refractivity contribution in [3.8, 4) is 0 Å². The van der Waals surface area contributed by atoms with E-state index in [1.165, 1.54) is 225 Å². The van der Waals surface area contributed by atoms with E-state index in [2.05, 4.69) is 43.5 Å². The molecular formula is C57H109NO5. The van der Waals surface area contributed by atoms with Crippen LogP contribution < -0.4 is 5.32 Å². The van der Waals surface area contributed by atoms with E-state index in [0.29, 0.717) is 25.9 Å². The van der Waals surface area contributed by atoms with Crippen molar-refractivity contribution in [1.29, 1.82) is 0 Å². The monoisotopic (exact) mass is 888 g/mol. The molecule has 0 aromatic heterocycles. The number of aliphatic hydroxyl groups excluding tert-OH is 2. The second-order valence-electron chi connectivity index (χ2n) is 19.3. The van der Waals surface area contributed by atoms with Crippen LogP contribution in [0.2, 0.25) is 0 Å². The molecule has 0 spiro atoms. The maximum absolute atomic E-state index is 12.5. The molecule has 2 unspecified atom stereocenters. The van der Waals surface area contributed by atoms with Gasteiger partial charge in [-0.1, -0.05) is 237 Å². The highest BCUT2D eigenvalue weighted by molar-refractivity contribution is 5.76. The van der Waals surface area contributed by atoms with Crippen LogP contribution in [-0.4, -0.2) is 47.4 Å². The Morgan fingerprint density at radius 2 is 0.746 bits per heavy atom. The minimum atomic E-state index is -0.670. The predicted octanol–water partition coefficient (Wildman–Crippen LogP) is 17.1. The first-order chi connectivity index (χ1) is 31.0. The summed E-state index contributed by atoms with van der Waals surface area (Å²) in [6.07, 6.45) is 63.0. The van der Waals surface area contributed by atoms with E-state index < -0.39 is 12.1 Å². The first-order valence-electron chi connectivity index (χ1n) is 28.1. The van der Waals surface area contributed by atoms with Gasteiger partial charge in [0, 0.05) is 12.8 Å². The molecule has 2 atom stereocenters. The number of rotatable bonds is 52. The maximum Gasteiger partial charge on any atom is 0.305 e. The quantitative estimate of drug-likeness (QED) is 0.0321. The Bertz CT molecular complexity index is 982. The molecule has 6 nitrogen and oxygen atoms in total. The Labute approximate surface area is 392 Å². The summed E-state index contributed by atoms with van der Waals surface area (Å²) in [7, 11) is 0. The molecule has 0 aromatic rings. The number of hydrogen-bond acceptors (Lipinski definition) is 5. The Hall–Kier alpha value is -1.66. The molecule has 372 valence electrons. The van der Waals surface area contributed by atoms with Crippen molar-refractivity contribution in [3.05, 3.63) is 24.3 Å². The minimum absolute atomic E-state index is 0.00612. The van der Waals surface area contributed by atoms with E-state index in [0.717, 1.165) is 44.9 Å². The van der Waals surface area contributed by atoms with Crippen LogP contribution in [0.5, 0.6) is 0 Å². The summed E-state index contributed by atoms with van der Waals surface area (Å²) in [6.45, 7) is 4.92. The third-order valence-corrected chi connectivity index (χ3v) is 13.0. The number of esters is 1. The van der Waals surface area contributed by atoms with Crippen molar-refractivity contribution in [2.75, 3.05) is 13.2 Å². The van der Waals surface area contributed by atoms with Gasteiger partial charge in [-0.15, -0.1) is 0 Å². The number of aliphatic hydroxyl groups is 2. The molecule has 63 heavy (non-hydrogen) atoms. The van der Waals surface area contributed by atoms with Crippen molar-refractivity contribution in [1.82, 2.24) is 5.32 Å². The van der Waals surface area contributed by atoms with Crippen molar-refractivity contribution in [2.24, 2.45) is 0 Å². The van der Waals surface area contributed by atoms with Gasteiger partial charge in [0.25, 0.3) is 0 Å². The molecular weight excluding hydrogens is 779 g/mol. The van der Waals surface area contributed by atoms with Crippen LogP contribution >= 0.6 is 0 Å². The second-order valence-corrected chi connectivity index (χ2v) is 19.3. The number of unbranched alkanes of at least 4 members (excludes halogenated alkanes) is 37. The molecule has 0 saturated carbocycles. The highest BCUT2D eigenvalue weighted by Gasteiger charge is 2.20. The van der Waals surface area contributed by atoms with E-state index in [1.807, 2.05) is 0 Å². The van der Waals surface area contributed by atoms with Gasteiger partial charge in [0.15, 0.2) is 0 Å². The molecule has 0 heterocycles. The SMILES string of the molecule is CCCCC/C=C\CCCCCCCC(=O)OCCCCCCCCCC/C=C\CCCCCCCCCC(=O)NC(CO)C(O)CCCCCCCCCCCCCCCCC. The summed E-state index contributed by atoms with van der Waals surface area (Å²) >= 11 is 0. The summed E-state index contributed by atoms with van der Waals surface area (Å²) in [5.41, 5.74) is 0. The number of carbonyl (C=O) groups is 2. The number of ether oxygens (including phenoxy) is 1. The zero-order valence-corrected chi connectivity index (χ0v) is 42.3. The summed E-state index contributed by atoms with van der Waals surface area (Å²) in [4.78, 5) is 24.5. The molecule has 0 aliphatic rings. The van der Waals surface area contributed by atoms with Crippen LogP contribution in [0, 0.1) is 0 Å². The average Bonchev–Trinajstić information content (AvgIpc) is 3.28. The van der Waals surface area contributed by atoms with Gasteiger partial charge in [0.05, 0.1) is 25.4 Å². The Kier molecular flexibility index (Phi) is 51.6. The first-order valence-corrected chi connectivity index (χ1v) is 28.1. The van der Waals surface area contributed by atoms with E-state index >= 15 is 0 Å². The standard InChI is InChI=1S/C57H109NO5/c1-3-5-7-9-11-13-15-17-23-26-29-33-37-41-45-49-55(60)54(53-59)58-56(61)50-46-42-38-34-30-27-24-21-19-18-20-22-25-28-32-36-40-44-48-52-63-57(62)51-47-43-39-35-31-16-14-12-10-8-6-4-2/h12,14,18-19,54-55,59-60H,3-11,13,15-17,20-53H2,1-2H3,(H,58,61)/b14-12-,19-18-. The number of allylic oxidation sites excluding steroid dienone is 4. The van der Waals surface area contributed by atoms with E-state index in [1.54, 1.807) is 0 Å². The lowest BCUT2D eigenvalue weighted by molar-refractivity contribution is -0.143. The van der Waals surface area contributed by atoms with Crippen molar-refractivity contribution >= 4 is 11.9 Å². The molecule has 0 aliphatic heterocycles. The molecule has 0 rings (SSSR count). The van der Waals surface area contributed by atoms with Gasteiger partial charge in [0.2, 0.25) is 5.91 Å². The number of amides is 1. The minimum Gasteiger partial charge on any atom is -0.466 e. The third-order valence-electron chi connectivity index (χ3n) is 13.0. The lowest BCUT2D eigenvalue weighted by atomic mass is 10.0. The van der Waals surface area contributed by atoms with Gasteiger partial charge in [-0.2, -0.15) is 0 Å². The van der Waals surface area contributed by atoms with Gasteiger partial charge < -0.3 is 20.3 Å². The van der Waals surface area contributed by atoms with Crippen LogP contribution in [-0.2, 0) is 14.3 Å². The topological polar surface area (TPSA) is 95.9 Å². The first kappa shape index (κ1) is 61.3. The molecule has 0 radical (unpaired) electrons. The van der Waals surface area contributed by atoms with E-state index in [9.17, 15) is 19.8 Å². The van der Waals surface area contributed by atoms with Crippen molar-refractivity contribution < 1.29 is 24.5 Å². The molecule has 0 aromatic carbocycles. The fourth-order valence-electron chi connectivity index (χ4n) is 8.63. The third kappa shape index (κ3) is 49.6. The number of nitrogens with one attached hydrogen (secondary N) is 1. The molecule has 1 amide bonds. The van der Waals surface area contributed by atoms with Crippen LogP contribution in [0.25, 0.3) is 0 Å². The molecule has 0 bridgehead atoms. The predicted molar refractivity (Wildman–Crippen MR) is 273 cm³/mol. The van der Waals surface area contributed by atoms with Gasteiger partial charge in [0.1, 0.15) is 0 Å². The van der Waals surface area contributed by atoms with Crippen LogP contribution in [0.1, 0.15) is 303 Å². The Balaban J connectivity index is 3.45. The highest BCUT2D eigenvalue weighted by atomic mass is 16.5. The fourth-order valence-corrected chi connectivity index (χ4v) is 8.63. The lowest BCUT2D eigenvalue weighted by Gasteiger charge is -2.22. The second kappa shape index (κ2) is 53.0. The van der Waals surface area contributed by atoms with E-state index in [4.69, 9.17) is 4.74 Å². The Morgan fingerprint density at radius 1 is 0.429 bits per heavy atom. The smallest absolute Gasteiger partial charge is 0.305 e.